The second-order valence-electron chi connectivity index (χ2n) is 7.89. The van der Waals surface area contributed by atoms with Crippen LogP contribution in [0.5, 0.6) is 5.75 Å². The van der Waals surface area contributed by atoms with Crippen molar-refractivity contribution in [2.45, 2.75) is 32.8 Å². The maximum absolute atomic E-state index is 12.2. The predicted octanol–water partition coefficient (Wildman–Crippen LogP) is 2.72. The van der Waals surface area contributed by atoms with Gasteiger partial charge in [0.25, 0.3) is 5.91 Å². The minimum absolute atomic E-state index is 0.0547. The molecule has 0 radical (unpaired) electrons. The SMILES string of the molecule is Cc1ccc(NC(=O)COc2ccc(/C=N\NC(=O)C(=O)NC[C@H]3CCCO3)cc2Cl)c(C)c1. The molecule has 1 fully saturated rings. The average molecular weight is 487 g/mol. The lowest BCUT2D eigenvalue weighted by Gasteiger charge is -2.11. The number of hydrazone groups is 1. The van der Waals surface area contributed by atoms with E-state index in [9.17, 15) is 14.4 Å². The van der Waals surface area contributed by atoms with Gasteiger partial charge in [-0.15, -0.1) is 0 Å². The summed E-state index contributed by atoms with van der Waals surface area (Å²) in [6, 6.07) is 10.5. The first-order valence-corrected chi connectivity index (χ1v) is 11.2. The van der Waals surface area contributed by atoms with Crippen LogP contribution in [0.3, 0.4) is 0 Å². The number of carbonyl (C=O) groups is 3. The Balaban J connectivity index is 1.44. The zero-order chi connectivity index (χ0) is 24.5. The van der Waals surface area contributed by atoms with Gasteiger partial charge in [0.15, 0.2) is 6.61 Å². The van der Waals surface area contributed by atoms with Crippen LogP contribution in [0.25, 0.3) is 0 Å². The van der Waals surface area contributed by atoms with Gasteiger partial charge in [0.2, 0.25) is 0 Å². The highest BCUT2D eigenvalue weighted by atomic mass is 35.5. The third-order valence-electron chi connectivity index (χ3n) is 5.07. The molecular formula is C24H27ClN4O5. The summed E-state index contributed by atoms with van der Waals surface area (Å²) in [4.78, 5) is 35.8. The molecule has 3 amide bonds. The Morgan fingerprint density at radius 2 is 2.00 bits per heavy atom. The lowest BCUT2D eigenvalue weighted by Crippen LogP contribution is -2.41. The van der Waals surface area contributed by atoms with E-state index in [1.807, 2.05) is 32.0 Å². The lowest BCUT2D eigenvalue weighted by atomic mass is 10.1. The third-order valence-corrected chi connectivity index (χ3v) is 5.37. The number of hydrogen-bond acceptors (Lipinski definition) is 6. The molecule has 0 spiro atoms. The van der Waals surface area contributed by atoms with Crippen molar-refractivity contribution in [3.05, 3.63) is 58.1 Å². The van der Waals surface area contributed by atoms with Gasteiger partial charge in [-0.05, 0) is 62.1 Å². The van der Waals surface area contributed by atoms with Crippen molar-refractivity contribution in [2.24, 2.45) is 5.10 Å². The predicted molar refractivity (Wildman–Crippen MR) is 129 cm³/mol. The number of rotatable bonds is 8. The maximum atomic E-state index is 12.2. The zero-order valence-electron chi connectivity index (χ0n) is 19.0. The molecule has 2 aromatic carbocycles. The van der Waals surface area contributed by atoms with Crippen molar-refractivity contribution in [1.29, 1.82) is 0 Å². The van der Waals surface area contributed by atoms with E-state index in [4.69, 9.17) is 21.1 Å². The van der Waals surface area contributed by atoms with Crippen molar-refractivity contribution < 1.29 is 23.9 Å². The van der Waals surface area contributed by atoms with E-state index in [0.717, 1.165) is 29.7 Å². The van der Waals surface area contributed by atoms with E-state index in [1.54, 1.807) is 18.2 Å². The fourth-order valence-electron chi connectivity index (χ4n) is 3.31. The van der Waals surface area contributed by atoms with Crippen molar-refractivity contribution in [3.8, 4) is 5.75 Å². The molecular weight excluding hydrogens is 460 g/mol. The van der Waals surface area contributed by atoms with Crippen molar-refractivity contribution >= 4 is 41.2 Å². The maximum Gasteiger partial charge on any atom is 0.329 e. The molecule has 0 saturated carbocycles. The molecule has 3 rings (SSSR count). The molecule has 1 aliphatic heterocycles. The van der Waals surface area contributed by atoms with Crippen molar-refractivity contribution in [3.63, 3.8) is 0 Å². The number of anilines is 1. The zero-order valence-corrected chi connectivity index (χ0v) is 19.8. The van der Waals surface area contributed by atoms with Gasteiger partial charge in [-0.1, -0.05) is 29.3 Å². The Morgan fingerprint density at radius 1 is 1.18 bits per heavy atom. The number of ether oxygens (including phenoxy) is 2. The van der Waals surface area contributed by atoms with Crippen LogP contribution >= 0.6 is 11.6 Å². The first-order chi connectivity index (χ1) is 16.3. The molecule has 2 aromatic rings. The van der Waals surface area contributed by atoms with E-state index in [2.05, 4.69) is 21.2 Å². The van der Waals surface area contributed by atoms with E-state index in [0.29, 0.717) is 17.9 Å². The number of nitrogens with one attached hydrogen (secondary N) is 3. The summed E-state index contributed by atoms with van der Waals surface area (Å²) in [6.45, 7) is 4.65. The van der Waals surface area contributed by atoms with Gasteiger partial charge in [0.1, 0.15) is 5.75 Å². The Labute approximate surface area is 202 Å². The number of halogens is 1. The topological polar surface area (TPSA) is 118 Å². The van der Waals surface area contributed by atoms with Crippen LogP contribution in [0.4, 0.5) is 5.69 Å². The largest absolute Gasteiger partial charge is 0.482 e. The summed E-state index contributed by atoms with van der Waals surface area (Å²) < 4.78 is 10.9. The van der Waals surface area contributed by atoms with E-state index in [-0.39, 0.29) is 30.2 Å². The molecule has 9 nitrogen and oxygen atoms in total. The van der Waals surface area contributed by atoms with Gasteiger partial charge in [-0.3, -0.25) is 14.4 Å². The first-order valence-electron chi connectivity index (χ1n) is 10.8. The second kappa shape index (κ2) is 12.2. The Morgan fingerprint density at radius 3 is 2.71 bits per heavy atom. The number of carbonyl (C=O) groups excluding carboxylic acids is 3. The Hall–Kier alpha value is -3.43. The minimum atomic E-state index is -0.880. The highest BCUT2D eigenvalue weighted by molar-refractivity contribution is 6.35. The van der Waals surface area contributed by atoms with Gasteiger partial charge in [0.05, 0.1) is 17.3 Å². The van der Waals surface area contributed by atoms with E-state index in [1.165, 1.54) is 6.21 Å². The molecule has 0 aliphatic carbocycles. The fourth-order valence-corrected chi connectivity index (χ4v) is 3.55. The van der Waals surface area contributed by atoms with Crippen molar-refractivity contribution in [2.75, 3.05) is 25.1 Å². The van der Waals surface area contributed by atoms with Gasteiger partial charge >= 0.3 is 11.8 Å². The van der Waals surface area contributed by atoms with E-state index < -0.39 is 11.8 Å². The van der Waals surface area contributed by atoms with Crippen LogP contribution in [-0.4, -0.2) is 49.8 Å². The molecule has 34 heavy (non-hydrogen) atoms. The van der Waals surface area contributed by atoms with Crippen LogP contribution in [0.2, 0.25) is 5.02 Å². The lowest BCUT2D eigenvalue weighted by molar-refractivity contribution is -0.139. The highest BCUT2D eigenvalue weighted by Crippen LogP contribution is 2.25. The van der Waals surface area contributed by atoms with Gasteiger partial charge in [-0.2, -0.15) is 5.10 Å². The third kappa shape index (κ3) is 7.57. The molecule has 1 saturated heterocycles. The Kier molecular flexibility index (Phi) is 9.00. The number of nitrogens with zero attached hydrogens (tertiary/aromatic N) is 1. The van der Waals surface area contributed by atoms with Gasteiger partial charge in [0, 0.05) is 18.8 Å². The second-order valence-corrected chi connectivity index (χ2v) is 8.30. The monoisotopic (exact) mass is 486 g/mol. The number of aryl methyl sites for hydroxylation is 2. The summed E-state index contributed by atoms with van der Waals surface area (Å²) in [5.74, 6) is -1.65. The molecule has 1 heterocycles. The Bertz CT molecular complexity index is 1080. The number of benzene rings is 2. The summed E-state index contributed by atoms with van der Waals surface area (Å²) in [5.41, 5.74) is 5.52. The molecule has 0 aromatic heterocycles. The fraction of sp³-hybridized carbons (Fsp3) is 0.333. The molecule has 0 unspecified atom stereocenters. The van der Waals surface area contributed by atoms with Gasteiger partial charge < -0.3 is 20.1 Å². The first kappa shape index (κ1) is 25.2. The number of hydrogen-bond donors (Lipinski definition) is 3. The summed E-state index contributed by atoms with van der Waals surface area (Å²) in [7, 11) is 0. The van der Waals surface area contributed by atoms with Crippen LogP contribution in [0.1, 0.15) is 29.5 Å². The van der Waals surface area contributed by atoms with Crippen molar-refractivity contribution in [1.82, 2.24) is 10.7 Å². The molecule has 3 N–H and O–H groups in total. The highest BCUT2D eigenvalue weighted by Gasteiger charge is 2.19. The minimum Gasteiger partial charge on any atom is -0.482 e. The molecule has 180 valence electrons. The quantitative estimate of drug-likeness (QED) is 0.301. The smallest absolute Gasteiger partial charge is 0.329 e. The molecule has 1 aliphatic rings. The normalized spacial score (nSPS) is 15.2. The van der Waals surface area contributed by atoms with Gasteiger partial charge in [-0.25, -0.2) is 5.43 Å². The van der Waals surface area contributed by atoms with Crippen LogP contribution in [-0.2, 0) is 19.1 Å². The summed E-state index contributed by atoms with van der Waals surface area (Å²) in [6.07, 6.45) is 3.09. The summed E-state index contributed by atoms with van der Waals surface area (Å²) in [5, 5.41) is 9.35. The molecule has 0 bridgehead atoms. The van der Waals surface area contributed by atoms with E-state index >= 15 is 0 Å². The molecule has 1 atom stereocenters. The summed E-state index contributed by atoms with van der Waals surface area (Å²) >= 11 is 6.23. The molecule has 10 heteroatoms. The number of amides is 3. The van der Waals surface area contributed by atoms with Crippen LogP contribution in [0, 0.1) is 13.8 Å². The van der Waals surface area contributed by atoms with Crippen LogP contribution in [0.15, 0.2) is 41.5 Å². The standard InChI is InChI=1S/C24H27ClN4O5/c1-15-5-7-20(16(2)10-15)28-22(30)14-34-21-8-6-17(11-19(21)25)12-27-29-24(32)23(31)26-13-18-4-3-9-33-18/h5-8,10-12,18H,3-4,9,13-14H2,1-2H3,(H,26,31)(H,28,30)(H,29,32)/b27-12-/t18-/m1/s1. The average Bonchev–Trinajstić information content (AvgIpc) is 3.32. The van der Waals surface area contributed by atoms with Crippen LogP contribution < -0.4 is 20.8 Å².